The van der Waals surface area contributed by atoms with E-state index in [0.29, 0.717) is 22.2 Å². The van der Waals surface area contributed by atoms with Gasteiger partial charge < -0.3 is 10.1 Å². The molecule has 0 spiro atoms. The molecule has 0 heterocycles. The molecule has 1 N–H and O–H groups in total. The number of nitrogens with zero attached hydrogens (tertiary/aromatic N) is 1. The number of benzene rings is 3. The fraction of sp³-hybridized carbons (Fsp3) is 0.174. The highest BCUT2D eigenvalue weighted by Crippen LogP contribution is 2.31. The quantitative estimate of drug-likeness (QED) is 0.399. The smallest absolute Gasteiger partial charge is 0.232 e. The van der Waals surface area contributed by atoms with Gasteiger partial charge in [-0.3, -0.25) is 9.10 Å². The van der Waals surface area contributed by atoms with E-state index >= 15 is 0 Å². The first-order valence-corrected chi connectivity index (χ1v) is 12.4. The maximum absolute atomic E-state index is 12.5. The number of amides is 1. The summed E-state index contributed by atoms with van der Waals surface area (Å²) < 4.78 is 31.6. The van der Waals surface area contributed by atoms with E-state index in [1.807, 2.05) is 36.4 Å². The molecule has 0 fully saturated rings. The van der Waals surface area contributed by atoms with E-state index in [1.54, 1.807) is 24.3 Å². The summed E-state index contributed by atoms with van der Waals surface area (Å²) in [5.41, 5.74) is 0.808. The molecule has 0 saturated heterocycles. The van der Waals surface area contributed by atoms with Crippen LogP contribution in [0.15, 0.2) is 72.8 Å². The van der Waals surface area contributed by atoms with E-state index in [0.717, 1.165) is 10.6 Å². The van der Waals surface area contributed by atoms with Crippen molar-refractivity contribution in [3.05, 3.63) is 82.8 Å². The Kier molecular flexibility index (Phi) is 8.01. The van der Waals surface area contributed by atoms with Gasteiger partial charge in [0, 0.05) is 18.0 Å². The number of rotatable bonds is 9. The molecule has 0 unspecified atom stereocenters. The summed E-state index contributed by atoms with van der Waals surface area (Å²) in [6.07, 6.45) is 1.47. The van der Waals surface area contributed by atoms with Crippen molar-refractivity contribution in [3.8, 4) is 11.5 Å². The minimum atomic E-state index is -3.62. The molecule has 32 heavy (non-hydrogen) atoms. The number of para-hydroxylation sites is 3. The Bertz CT molecular complexity index is 1190. The van der Waals surface area contributed by atoms with E-state index in [2.05, 4.69) is 5.32 Å². The summed E-state index contributed by atoms with van der Waals surface area (Å²) in [5, 5.41) is 3.45. The van der Waals surface area contributed by atoms with Gasteiger partial charge in [0.25, 0.3) is 0 Å². The molecule has 0 radical (unpaired) electrons. The zero-order valence-corrected chi connectivity index (χ0v) is 19.6. The second kappa shape index (κ2) is 10.7. The van der Waals surface area contributed by atoms with Gasteiger partial charge in [-0.05, 0) is 48.9 Å². The molecule has 9 heteroatoms. The predicted octanol–water partition coefficient (Wildman–Crippen LogP) is 5.97. The maximum Gasteiger partial charge on any atom is 0.232 e. The van der Waals surface area contributed by atoms with Gasteiger partial charge in [0.2, 0.25) is 15.9 Å². The van der Waals surface area contributed by atoms with E-state index in [4.69, 9.17) is 27.9 Å². The molecule has 3 aromatic rings. The number of halogens is 2. The Labute approximate surface area is 197 Å². The fourth-order valence-electron chi connectivity index (χ4n) is 3.01. The molecular formula is C23H22Cl2N2O4S. The lowest BCUT2D eigenvalue weighted by Gasteiger charge is -2.23. The molecular weight excluding hydrogens is 471 g/mol. The molecule has 3 rings (SSSR count). The Morgan fingerprint density at radius 3 is 2.41 bits per heavy atom. The van der Waals surface area contributed by atoms with Crippen molar-refractivity contribution in [2.45, 2.75) is 12.8 Å². The third-order valence-electron chi connectivity index (χ3n) is 4.47. The second-order valence-corrected chi connectivity index (χ2v) is 9.74. The lowest BCUT2D eigenvalue weighted by molar-refractivity contribution is -0.116. The van der Waals surface area contributed by atoms with Crippen molar-refractivity contribution in [2.24, 2.45) is 0 Å². The normalized spacial score (nSPS) is 11.1. The molecule has 6 nitrogen and oxygen atoms in total. The first kappa shape index (κ1) is 23.9. The highest BCUT2D eigenvalue weighted by atomic mass is 35.5. The van der Waals surface area contributed by atoms with E-state index in [1.165, 1.54) is 12.1 Å². The van der Waals surface area contributed by atoms with Gasteiger partial charge in [-0.1, -0.05) is 53.5 Å². The molecule has 0 aliphatic rings. The van der Waals surface area contributed by atoms with Gasteiger partial charge in [-0.25, -0.2) is 8.42 Å². The van der Waals surface area contributed by atoms with Gasteiger partial charge in [-0.15, -0.1) is 0 Å². The van der Waals surface area contributed by atoms with Crippen molar-refractivity contribution in [1.29, 1.82) is 0 Å². The molecule has 168 valence electrons. The third-order valence-corrected chi connectivity index (χ3v) is 6.21. The number of hydrogen-bond acceptors (Lipinski definition) is 4. The summed E-state index contributed by atoms with van der Waals surface area (Å²) in [5.74, 6) is 0.895. The number of hydrogen-bond donors (Lipinski definition) is 1. The van der Waals surface area contributed by atoms with E-state index in [9.17, 15) is 13.2 Å². The highest BCUT2D eigenvalue weighted by molar-refractivity contribution is 7.92. The lowest BCUT2D eigenvalue weighted by Crippen LogP contribution is -2.31. The van der Waals surface area contributed by atoms with Gasteiger partial charge in [0.1, 0.15) is 5.75 Å². The number of anilines is 2. The Balaban J connectivity index is 1.64. The third kappa shape index (κ3) is 6.63. The second-order valence-electron chi connectivity index (χ2n) is 6.99. The molecule has 0 aromatic heterocycles. The summed E-state index contributed by atoms with van der Waals surface area (Å²) in [4.78, 5) is 12.5. The molecule has 1 amide bonds. The molecule has 0 aliphatic carbocycles. The number of carbonyl (C=O) groups excluding carboxylic acids is 1. The molecule has 0 aliphatic heterocycles. The standard InChI is InChI=1S/C23H22Cl2N2O4S/c1-32(29,30)27(21-16-17(24)13-14-19(21)25)15-7-12-23(28)26-20-10-5-6-11-22(20)31-18-8-3-2-4-9-18/h2-6,8-11,13-14,16H,7,12,15H2,1H3,(H,26,28). The van der Waals surface area contributed by atoms with Crippen molar-refractivity contribution in [3.63, 3.8) is 0 Å². The van der Waals surface area contributed by atoms with Crippen molar-refractivity contribution >= 4 is 50.5 Å². The van der Waals surface area contributed by atoms with Gasteiger partial charge >= 0.3 is 0 Å². The lowest BCUT2D eigenvalue weighted by atomic mass is 10.2. The topological polar surface area (TPSA) is 75.7 Å². The first-order valence-electron chi connectivity index (χ1n) is 9.78. The van der Waals surface area contributed by atoms with Gasteiger partial charge in [0.05, 0.1) is 22.7 Å². The van der Waals surface area contributed by atoms with Gasteiger partial charge in [0.15, 0.2) is 5.75 Å². The zero-order chi connectivity index (χ0) is 23.1. The molecule has 0 atom stereocenters. The average Bonchev–Trinajstić information content (AvgIpc) is 2.74. The minimum Gasteiger partial charge on any atom is -0.455 e. The summed E-state index contributed by atoms with van der Waals surface area (Å²) in [6.45, 7) is 0.0779. The Hall–Kier alpha value is -2.74. The molecule has 0 bridgehead atoms. The Morgan fingerprint density at radius 2 is 1.69 bits per heavy atom. The van der Waals surface area contributed by atoms with Crippen LogP contribution < -0.4 is 14.4 Å². The van der Waals surface area contributed by atoms with E-state index < -0.39 is 10.0 Å². The zero-order valence-electron chi connectivity index (χ0n) is 17.3. The fourth-order valence-corrected chi connectivity index (χ4v) is 4.42. The van der Waals surface area contributed by atoms with Crippen LogP contribution in [0.1, 0.15) is 12.8 Å². The van der Waals surface area contributed by atoms with Crippen molar-refractivity contribution in [1.82, 2.24) is 0 Å². The van der Waals surface area contributed by atoms with Crippen LogP contribution in [0, 0.1) is 0 Å². The van der Waals surface area contributed by atoms with Crippen LogP contribution >= 0.6 is 23.2 Å². The summed E-state index contributed by atoms with van der Waals surface area (Å²) in [6, 6.07) is 20.9. The number of carbonyl (C=O) groups is 1. The molecule has 3 aromatic carbocycles. The average molecular weight is 493 g/mol. The monoisotopic (exact) mass is 492 g/mol. The molecule has 0 saturated carbocycles. The number of ether oxygens (including phenoxy) is 1. The van der Waals surface area contributed by atoms with Crippen LogP contribution in [0.2, 0.25) is 10.0 Å². The van der Waals surface area contributed by atoms with E-state index in [-0.39, 0.29) is 36.0 Å². The number of nitrogens with one attached hydrogen (secondary N) is 1. The van der Waals surface area contributed by atoms with Crippen LogP contribution in [0.4, 0.5) is 11.4 Å². The van der Waals surface area contributed by atoms with Crippen LogP contribution in [0.5, 0.6) is 11.5 Å². The van der Waals surface area contributed by atoms with Crippen molar-refractivity contribution < 1.29 is 17.9 Å². The minimum absolute atomic E-state index is 0.0779. The SMILES string of the molecule is CS(=O)(=O)N(CCCC(=O)Nc1ccccc1Oc1ccccc1)c1cc(Cl)ccc1Cl. The van der Waals surface area contributed by atoms with Crippen LogP contribution in [-0.2, 0) is 14.8 Å². The van der Waals surface area contributed by atoms with Crippen LogP contribution in [0.3, 0.4) is 0 Å². The van der Waals surface area contributed by atoms with Crippen molar-refractivity contribution in [2.75, 3.05) is 22.4 Å². The summed E-state index contributed by atoms with van der Waals surface area (Å²) in [7, 11) is -3.62. The summed E-state index contributed by atoms with van der Waals surface area (Å²) >= 11 is 12.2. The Morgan fingerprint density at radius 1 is 1.00 bits per heavy atom. The first-order chi connectivity index (χ1) is 15.2. The van der Waals surface area contributed by atoms with Crippen LogP contribution in [0.25, 0.3) is 0 Å². The predicted molar refractivity (Wildman–Crippen MR) is 129 cm³/mol. The highest BCUT2D eigenvalue weighted by Gasteiger charge is 2.20. The number of sulfonamides is 1. The van der Waals surface area contributed by atoms with Crippen LogP contribution in [-0.4, -0.2) is 27.1 Å². The van der Waals surface area contributed by atoms with Gasteiger partial charge in [-0.2, -0.15) is 0 Å². The maximum atomic E-state index is 12.5. The largest absolute Gasteiger partial charge is 0.455 e.